The standard InChI is InChI=1S/C16H16N6O/c17-15-9-18-8-14(22-15)11-1-3-12(4-2-11)16(23)20-6-5-13-7-19-10-21-13/h1-4,7-10H,5-6H2,(H2,17,22)(H,19,21)(H,20,23). The van der Waals surface area contributed by atoms with Gasteiger partial charge in [-0.25, -0.2) is 9.97 Å². The molecule has 0 bridgehead atoms. The highest BCUT2D eigenvalue weighted by molar-refractivity contribution is 5.94. The van der Waals surface area contributed by atoms with Gasteiger partial charge in [0.05, 0.1) is 24.4 Å². The molecule has 2 heterocycles. The normalized spacial score (nSPS) is 10.4. The number of hydrogen-bond acceptors (Lipinski definition) is 5. The fraction of sp³-hybridized carbons (Fsp3) is 0.125. The molecule has 0 saturated heterocycles. The van der Waals surface area contributed by atoms with E-state index in [0.717, 1.165) is 11.3 Å². The van der Waals surface area contributed by atoms with Crippen LogP contribution in [-0.2, 0) is 6.42 Å². The molecule has 3 rings (SSSR count). The number of aromatic amines is 1. The Bertz CT molecular complexity index is 783. The van der Waals surface area contributed by atoms with Crippen molar-refractivity contribution in [3.8, 4) is 11.3 Å². The number of rotatable bonds is 5. The highest BCUT2D eigenvalue weighted by Crippen LogP contribution is 2.17. The van der Waals surface area contributed by atoms with Crippen molar-refractivity contribution in [2.45, 2.75) is 6.42 Å². The maximum atomic E-state index is 12.1. The van der Waals surface area contributed by atoms with E-state index in [0.29, 0.717) is 30.0 Å². The van der Waals surface area contributed by atoms with E-state index in [9.17, 15) is 4.79 Å². The molecule has 4 N–H and O–H groups in total. The number of hydrogen-bond donors (Lipinski definition) is 3. The quantitative estimate of drug-likeness (QED) is 0.660. The lowest BCUT2D eigenvalue weighted by Crippen LogP contribution is -2.25. The van der Waals surface area contributed by atoms with Gasteiger partial charge in [-0.1, -0.05) is 12.1 Å². The van der Waals surface area contributed by atoms with Gasteiger partial charge in [-0.05, 0) is 12.1 Å². The minimum absolute atomic E-state index is 0.116. The van der Waals surface area contributed by atoms with E-state index in [1.165, 1.54) is 6.20 Å². The van der Waals surface area contributed by atoms with Crippen molar-refractivity contribution in [3.63, 3.8) is 0 Å². The first-order valence-corrected chi connectivity index (χ1v) is 7.16. The van der Waals surface area contributed by atoms with E-state index in [-0.39, 0.29) is 5.91 Å². The van der Waals surface area contributed by atoms with E-state index >= 15 is 0 Å². The molecule has 0 fully saturated rings. The number of anilines is 1. The number of imidazole rings is 1. The number of carbonyl (C=O) groups is 1. The Balaban J connectivity index is 1.61. The molecule has 7 heteroatoms. The number of nitrogens with two attached hydrogens (primary N) is 1. The molecule has 1 aromatic carbocycles. The van der Waals surface area contributed by atoms with Crippen LogP contribution in [0.5, 0.6) is 0 Å². The number of nitrogens with zero attached hydrogens (tertiary/aromatic N) is 3. The number of nitrogens with one attached hydrogen (secondary N) is 2. The van der Waals surface area contributed by atoms with Crippen LogP contribution < -0.4 is 11.1 Å². The zero-order valence-corrected chi connectivity index (χ0v) is 12.4. The highest BCUT2D eigenvalue weighted by atomic mass is 16.1. The van der Waals surface area contributed by atoms with Gasteiger partial charge < -0.3 is 16.0 Å². The molecule has 116 valence electrons. The minimum atomic E-state index is -0.116. The Morgan fingerprint density at radius 3 is 2.65 bits per heavy atom. The molecule has 7 nitrogen and oxygen atoms in total. The molecule has 23 heavy (non-hydrogen) atoms. The van der Waals surface area contributed by atoms with Gasteiger partial charge in [0.1, 0.15) is 5.82 Å². The van der Waals surface area contributed by atoms with Crippen LogP contribution in [0.3, 0.4) is 0 Å². The lowest BCUT2D eigenvalue weighted by atomic mass is 10.1. The summed E-state index contributed by atoms with van der Waals surface area (Å²) < 4.78 is 0. The molecule has 2 aromatic heterocycles. The van der Waals surface area contributed by atoms with E-state index in [1.54, 1.807) is 30.9 Å². The SMILES string of the molecule is Nc1cncc(-c2ccc(C(=O)NCCc3cnc[nH]3)cc2)n1. The van der Waals surface area contributed by atoms with Crippen molar-refractivity contribution >= 4 is 11.7 Å². The predicted molar refractivity (Wildman–Crippen MR) is 86.5 cm³/mol. The summed E-state index contributed by atoms with van der Waals surface area (Å²) in [6.07, 6.45) is 7.20. The van der Waals surface area contributed by atoms with Gasteiger partial charge in [0.25, 0.3) is 5.91 Å². The zero-order chi connectivity index (χ0) is 16.1. The largest absolute Gasteiger partial charge is 0.382 e. The van der Waals surface area contributed by atoms with Gasteiger partial charge in [-0.3, -0.25) is 9.78 Å². The molecule has 0 aliphatic heterocycles. The van der Waals surface area contributed by atoms with Gasteiger partial charge >= 0.3 is 0 Å². The van der Waals surface area contributed by atoms with Crippen LogP contribution in [0.25, 0.3) is 11.3 Å². The Morgan fingerprint density at radius 2 is 1.96 bits per heavy atom. The van der Waals surface area contributed by atoms with E-state index in [1.807, 2.05) is 12.1 Å². The second-order valence-electron chi connectivity index (χ2n) is 4.99. The number of aromatic nitrogens is 4. The lowest BCUT2D eigenvalue weighted by Gasteiger charge is -2.06. The summed E-state index contributed by atoms with van der Waals surface area (Å²) >= 11 is 0. The second kappa shape index (κ2) is 6.69. The maximum absolute atomic E-state index is 12.1. The van der Waals surface area contributed by atoms with Crippen LogP contribution in [0, 0.1) is 0 Å². The van der Waals surface area contributed by atoms with Crippen molar-refractivity contribution in [3.05, 3.63) is 60.4 Å². The third-order valence-corrected chi connectivity index (χ3v) is 3.33. The van der Waals surface area contributed by atoms with Gasteiger partial charge in [0.2, 0.25) is 0 Å². The fourth-order valence-corrected chi connectivity index (χ4v) is 2.15. The van der Waals surface area contributed by atoms with Crippen LogP contribution in [0.1, 0.15) is 16.1 Å². The summed E-state index contributed by atoms with van der Waals surface area (Å²) in [5.74, 6) is 0.248. The number of H-pyrrole nitrogens is 1. The van der Waals surface area contributed by atoms with Crippen molar-refractivity contribution in [2.75, 3.05) is 12.3 Å². The molecule has 0 aliphatic rings. The van der Waals surface area contributed by atoms with Crippen molar-refractivity contribution < 1.29 is 4.79 Å². The minimum Gasteiger partial charge on any atom is -0.382 e. The molecule has 3 aromatic rings. The smallest absolute Gasteiger partial charge is 0.251 e. The summed E-state index contributed by atoms with van der Waals surface area (Å²) in [6, 6.07) is 7.16. The van der Waals surface area contributed by atoms with Gasteiger partial charge in [-0.15, -0.1) is 0 Å². The molecule has 0 aliphatic carbocycles. The zero-order valence-electron chi connectivity index (χ0n) is 12.4. The highest BCUT2D eigenvalue weighted by Gasteiger charge is 2.07. The van der Waals surface area contributed by atoms with Crippen LogP contribution in [0.15, 0.2) is 49.2 Å². The molecule has 0 saturated carbocycles. The topological polar surface area (TPSA) is 110 Å². The van der Waals surface area contributed by atoms with Crippen molar-refractivity contribution in [1.82, 2.24) is 25.3 Å². The molecule has 0 atom stereocenters. The molecule has 0 spiro atoms. The number of carbonyl (C=O) groups excluding carboxylic acids is 1. The molecule has 0 radical (unpaired) electrons. The van der Waals surface area contributed by atoms with Crippen molar-refractivity contribution in [1.29, 1.82) is 0 Å². The first-order chi connectivity index (χ1) is 11.2. The van der Waals surface area contributed by atoms with Crippen LogP contribution in [-0.4, -0.2) is 32.4 Å². The summed E-state index contributed by atoms with van der Waals surface area (Å²) in [7, 11) is 0. The molecule has 1 amide bonds. The first-order valence-electron chi connectivity index (χ1n) is 7.16. The van der Waals surface area contributed by atoms with E-state index in [4.69, 9.17) is 5.73 Å². The number of amides is 1. The van der Waals surface area contributed by atoms with Crippen LogP contribution in [0.2, 0.25) is 0 Å². The van der Waals surface area contributed by atoms with Gasteiger partial charge in [0, 0.05) is 36.0 Å². The van der Waals surface area contributed by atoms with E-state index < -0.39 is 0 Å². The summed E-state index contributed by atoms with van der Waals surface area (Å²) in [4.78, 5) is 27.2. The summed E-state index contributed by atoms with van der Waals surface area (Å²) in [5.41, 5.74) is 8.74. The molecular formula is C16H16N6O. The fourth-order valence-electron chi connectivity index (χ4n) is 2.15. The third-order valence-electron chi connectivity index (χ3n) is 3.33. The maximum Gasteiger partial charge on any atom is 0.251 e. The predicted octanol–water partition coefficient (Wildman–Crippen LogP) is 1.42. The second-order valence-corrected chi connectivity index (χ2v) is 4.99. The lowest BCUT2D eigenvalue weighted by molar-refractivity contribution is 0.0954. The first kappa shape index (κ1) is 14.7. The van der Waals surface area contributed by atoms with Crippen LogP contribution in [0.4, 0.5) is 5.82 Å². The molecule has 0 unspecified atom stereocenters. The average molecular weight is 308 g/mol. The summed E-state index contributed by atoms with van der Waals surface area (Å²) in [5, 5.41) is 2.87. The third kappa shape index (κ3) is 3.70. The Labute approximate surface area is 133 Å². The summed E-state index contributed by atoms with van der Waals surface area (Å²) in [6.45, 7) is 0.545. The number of nitrogen functional groups attached to an aromatic ring is 1. The van der Waals surface area contributed by atoms with Gasteiger partial charge in [-0.2, -0.15) is 0 Å². The average Bonchev–Trinajstić information content (AvgIpc) is 3.08. The van der Waals surface area contributed by atoms with Gasteiger partial charge in [0.15, 0.2) is 0 Å². The molecular weight excluding hydrogens is 292 g/mol. The van der Waals surface area contributed by atoms with E-state index in [2.05, 4.69) is 25.3 Å². The Kier molecular flexibility index (Phi) is 4.28. The Morgan fingerprint density at radius 1 is 1.13 bits per heavy atom. The monoisotopic (exact) mass is 308 g/mol. The van der Waals surface area contributed by atoms with Crippen LogP contribution >= 0.6 is 0 Å². The number of benzene rings is 1. The Hall–Kier alpha value is -3.22. The van der Waals surface area contributed by atoms with Crippen molar-refractivity contribution in [2.24, 2.45) is 0 Å².